The molecular weight excluding hydrogens is 398 g/mol. The molecule has 2 amide bonds. The van der Waals surface area contributed by atoms with Crippen molar-refractivity contribution in [2.75, 3.05) is 18.5 Å². The summed E-state index contributed by atoms with van der Waals surface area (Å²) in [6, 6.07) is 9.38. The molecule has 28 heavy (non-hydrogen) atoms. The standard InChI is InChI=1S/C20H18ClN3O3S/c1-2-27-20(26)24-10-9-14-15(11-22)19(28-17(14)12-24)23-18(25)8-7-13-5-3-4-6-16(13)21/h3-8H,2,9-10,12H2,1H3,(H,23,25)/b8-7-. The van der Waals surface area contributed by atoms with E-state index < -0.39 is 0 Å². The molecule has 6 nitrogen and oxygen atoms in total. The SMILES string of the molecule is CCOC(=O)N1CCc2c(sc(NC(=O)/C=C\c3ccccc3Cl)c2C#N)C1. The number of hydrogen-bond donors (Lipinski definition) is 1. The Kier molecular flexibility index (Phi) is 6.34. The van der Waals surface area contributed by atoms with Gasteiger partial charge in [0.2, 0.25) is 5.91 Å². The Bertz CT molecular complexity index is 978. The Morgan fingerprint density at radius 3 is 2.93 bits per heavy atom. The minimum absolute atomic E-state index is 0.315. The lowest BCUT2D eigenvalue weighted by Crippen LogP contribution is -2.35. The first kappa shape index (κ1) is 19.9. The van der Waals surface area contributed by atoms with Crippen LogP contribution in [0.4, 0.5) is 9.80 Å². The number of halogens is 1. The summed E-state index contributed by atoms with van der Waals surface area (Å²) < 4.78 is 5.04. The van der Waals surface area contributed by atoms with Gasteiger partial charge in [0, 0.05) is 22.5 Å². The lowest BCUT2D eigenvalue weighted by Gasteiger charge is -2.25. The van der Waals surface area contributed by atoms with Crippen molar-refractivity contribution in [3.05, 3.63) is 56.9 Å². The molecule has 0 saturated carbocycles. The van der Waals surface area contributed by atoms with Gasteiger partial charge in [-0.05, 0) is 36.6 Å². The van der Waals surface area contributed by atoms with Gasteiger partial charge in [-0.3, -0.25) is 4.79 Å². The zero-order chi connectivity index (χ0) is 20.1. The van der Waals surface area contributed by atoms with Gasteiger partial charge in [0.1, 0.15) is 11.1 Å². The molecule has 0 spiro atoms. The van der Waals surface area contributed by atoms with Crippen LogP contribution >= 0.6 is 22.9 Å². The zero-order valence-electron chi connectivity index (χ0n) is 15.2. The van der Waals surface area contributed by atoms with Crippen molar-refractivity contribution in [2.24, 2.45) is 0 Å². The smallest absolute Gasteiger partial charge is 0.410 e. The number of benzene rings is 1. The molecule has 8 heteroatoms. The Balaban J connectivity index is 1.75. The first-order valence-corrected chi connectivity index (χ1v) is 9.92. The van der Waals surface area contributed by atoms with Crippen molar-refractivity contribution in [1.29, 1.82) is 5.26 Å². The van der Waals surface area contributed by atoms with E-state index in [2.05, 4.69) is 11.4 Å². The topological polar surface area (TPSA) is 82.4 Å². The number of carbonyl (C=O) groups is 2. The average Bonchev–Trinajstić information content (AvgIpc) is 3.03. The summed E-state index contributed by atoms with van der Waals surface area (Å²) in [7, 11) is 0. The van der Waals surface area contributed by atoms with Crippen LogP contribution in [-0.2, 0) is 22.5 Å². The van der Waals surface area contributed by atoms with Crippen molar-refractivity contribution < 1.29 is 14.3 Å². The van der Waals surface area contributed by atoms with Crippen molar-refractivity contribution in [2.45, 2.75) is 19.9 Å². The van der Waals surface area contributed by atoms with Crippen molar-refractivity contribution in [3.8, 4) is 6.07 Å². The number of fused-ring (bicyclic) bond motifs is 1. The Morgan fingerprint density at radius 1 is 1.43 bits per heavy atom. The second-order valence-corrected chi connectivity index (χ2v) is 7.55. The number of ether oxygens (including phenoxy) is 1. The molecule has 1 aliphatic heterocycles. The van der Waals surface area contributed by atoms with Crippen molar-refractivity contribution >= 4 is 46.0 Å². The molecule has 0 saturated heterocycles. The highest BCUT2D eigenvalue weighted by Crippen LogP contribution is 2.36. The molecule has 1 N–H and O–H groups in total. The lowest BCUT2D eigenvalue weighted by atomic mass is 10.0. The second kappa shape index (κ2) is 8.91. The van der Waals surface area contributed by atoms with Crippen LogP contribution in [0.1, 0.15) is 28.5 Å². The number of amides is 2. The Morgan fingerprint density at radius 2 is 2.21 bits per heavy atom. The third-order valence-corrected chi connectivity index (χ3v) is 5.73. The quantitative estimate of drug-likeness (QED) is 0.748. The average molecular weight is 416 g/mol. The van der Waals surface area contributed by atoms with Crippen LogP contribution in [0.2, 0.25) is 5.02 Å². The van der Waals surface area contributed by atoms with Crippen LogP contribution in [0.15, 0.2) is 30.3 Å². The third-order valence-electron chi connectivity index (χ3n) is 4.25. The van der Waals surface area contributed by atoms with E-state index in [9.17, 15) is 14.9 Å². The van der Waals surface area contributed by atoms with Gasteiger partial charge in [-0.15, -0.1) is 11.3 Å². The maximum atomic E-state index is 12.3. The number of anilines is 1. The van der Waals surface area contributed by atoms with Crippen molar-refractivity contribution in [3.63, 3.8) is 0 Å². The van der Waals surface area contributed by atoms with Gasteiger partial charge < -0.3 is 15.0 Å². The third kappa shape index (κ3) is 4.35. The lowest BCUT2D eigenvalue weighted by molar-refractivity contribution is -0.111. The summed E-state index contributed by atoms with van der Waals surface area (Å²) in [5.41, 5.74) is 2.08. The molecule has 1 aromatic carbocycles. The highest BCUT2D eigenvalue weighted by atomic mass is 35.5. The van der Waals surface area contributed by atoms with Crippen LogP contribution in [0, 0.1) is 11.3 Å². The van der Waals surface area contributed by atoms with E-state index in [1.54, 1.807) is 30.0 Å². The first-order chi connectivity index (χ1) is 13.5. The van der Waals surface area contributed by atoms with Crippen LogP contribution in [0.25, 0.3) is 6.08 Å². The van der Waals surface area contributed by atoms with Crippen LogP contribution < -0.4 is 5.32 Å². The number of nitrogens with zero attached hydrogens (tertiary/aromatic N) is 2. The minimum atomic E-state index is -0.367. The molecule has 0 bridgehead atoms. The van der Waals surface area contributed by atoms with Gasteiger partial charge >= 0.3 is 6.09 Å². The monoisotopic (exact) mass is 415 g/mol. The molecule has 2 heterocycles. The van der Waals surface area contributed by atoms with Gasteiger partial charge in [0.25, 0.3) is 0 Å². The van der Waals surface area contributed by atoms with Gasteiger partial charge in [-0.1, -0.05) is 29.8 Å². The minimum Gasteiger partial charge on any atom is -0.450 e. The number of hydrogen-bond acceptors (Lipinski definition) is 5. The predicted octanol–water partition coefficient (Wildman–Crippen LogP) is 4.44. The van der Waals surface area contributed by atoms with Crippen molar-refractivity contribution in [1.82, 2.24) is 4.90 Å². The second-order valence-electron chi connectivity index (χ2n) is 6.03. The van der Waals surface area contributed by atoms with Crippen LogP contribution in [0.5, 0.6) is 0 Å². The van der Waals surface area contributed by atoms with Gasteiger partial charge in [-0.2, -0.15) is 5.26 Å². The number of rotatable bonds is 4. The van der Waals surface area contributed by atoms with E-state index in [1.165, 1.54) is 17.4 Å². The number of thiophene rings is 1. The summed E-state index contributed by atoms with van der Waals surface area (Å²) in [6.45, 7) is 2.93. The number of carbonyl (C=O) groups excluding carboxylic acids is 2. The summed E-state index contributed by atoms with van der Waals surface area (Å²) in [5, 5.41) is 13.4. The largest absolute Gasteiger partial charge is 0.450 e. The van der Waals surface area contributed by atoms with E-state index in [1.807, 2.05) is 12.1 Å². The fourth-order valence-corrected chi connectivity index (χ4v) is 4.33. The van der Waals surface area contributed by atoms with Gasteiger partial charge in [0.05, 0.1) is 18.7 Å². The molecule has 3 rings (SSSR count). The molecule has 1 aromatic heterocycles. The summed E-state index contributed by atoms with van der Waals surface area (Å²) in [4.78, 5) is 26.7. The van der Waals surface area contributed by atoms with E-state index in [0.29, 0.717) is 41.7 Å². The molecule has 0 atom stereocenters. The maximum absolute atomic E-state index is 12.3. The van der Waals surface area contributed by atoms with E-state index in [-0.39, 0.29) is 12.0 Å². The number of nitriles is 1. The van der Waals surface area contributed by atoms with Gasteiger partial charge in [0.15, 0.2) is 0 Å². The summed E-state index contributed by atoms with van der Waals surface area (Å²) in [5.74, 6) is -0.350. The normalized spacial score (nSPS) is 13.1. The van der Waals surface area contributed by atoms with Crippen LogP contribution in [-0.4, -0.2) is 30.1 Å². The molecule has 2 aromatic rings. The first-order valence-electron chi connectivity index (χ1n) is 8.73. The number of nitrogens with one attached hydrogen (secondary N) is 1. The molecule has 0 aliphatic carbocycles. The molecular formula is C20H18ClN3O3S. The summed E-state index contributed by atoms with van der Waals surface area (Å²) >= 11 is 7.39. The zero-order valence-corrected chi connectivity index (χ0v) is 16.8. The summed E-state index contributed by atoms with van der Waals surface area (Å²) in [6.07, 6.45) is 3.19. The molecule has 0 radical (unpaired) electrons. The molecule has 0 fully saturated rings. The van der Waals surface area contributed by atoms with E-state index in [0.717, 1.165) is 16.0 Å². The Hall–Kier alpha value is -2.82. The molecule has 1 aliphatic rings. The Labute approximate surface area is 172 Å². The van der Waals surface area contributed by atoms with Gasteiger partial charge in [-0.25, -0.2) is 4.79 Å². The highest BCUT2D eigenvalue weighted by Gasteiger charge is 2.27. The highest BCUT2D eigenvalue weighted by molar-refractivity contribution is 7.16. The molecule has 144 valence electrons. The fraction of sp³-hybridized carbons (Fsp3) is 0.250. The van der Waals surface area contributed by atoms with E-state index >= 15 is 0 Å². The van der Waals surface area contributed by atoms with Crippen LogP contribution in [0.3, 0.4) is 0 Å². The predicted molar refractivity (Wildman–Crippen MR) is 109 cm³/mol. The molecule has 0 unspecified atom stereocenters. The van der Waals surface area contributed by atoms with E-state index in [4.69, 9.17) is 16.3 Å². The fourth-order valence-electron chi connectivity index (χ4n) is 2.91. The maximum Gasteiger partial charge on any atom is 0.410 e.